The number of benzene rings is 2. The molecule has 0 saturated carbocycles. The van der Waals surface area contributed by atoms with Gasteiger partial charge in [0.2, 0.25) is 12.7 Å². The Bertz CT molecular complexity index is 1020. The predicted molar refractivity (Wildman–Crippen MR) is 94.3 cm³/mol. The predicted octanol–water partition coefficient (Wildman–Crippen LogP) is 2.38. The van der Waals surface area contributed by atoms with Gasteiger partial charge < -0.3 is 19.8 Å². The smallest absolute Gasteiger partial charge is 0.259 e. The molecule has 1 aliphatic heterocycles. The van der Waals surface area contributed by atoms with E-state index in [1.807, 2.05) is 6.07 Å². The molecule has 7 nitrogen and oxygen atoms in total. The van der Waals surface area contributed by atoms with Gasteiger partial charge in [-0.25, -0.2) is 4.98 Å². The van der Waals surface area contributed by atoms with Gasteiger partial charge in [-0.05, 0) is 24.3 Å². The number of thioether (sulfide) groups is 1. The molecule has 1 amide bonds. The molecule has 2 N–H and O–H groups in total. The van der Waals surface area contributed by atoms with Crippen molar-refractivity contribution in [2.24, 2.45) is 0 Å². The van der Waals surface area contributed by atoms with Crippen LogP contribution in [0.3, 0.4) is 0 Å². The molecule has 8 heteroatoms. The second-order valence-corrected chi connectivity index (χ2v) is 6.26. The highest BCUT2D eigenvalue weighted by molar-refractivity contribution is 7.99. The van der Waals surface area contributed by atoms with Crippen LogP contribution >= 0.6 is 11.8 Å². The summed E-state index contributed by atoms with van der Waals surface area (Å²) in [5, 5.41) is 3.71. The molecule has 2 aromatic carbocycles. The van der Waals surface area contributed by atoms with Crippen LogP contribution in [0.15, 0.2) is 52.4 Å². The monoisotopic (exact) mass is 355 g/mol. The Labute approximate surface area is 146 Å². The molecule has 0 atom stereocenters. The molecule has 0 unspecified atom stereocenters. The van der Waals surface area contributed by atoms with Gasteiger partial charge in [0, 0.05) is 11.8 Å². The molecule has 2 heterocycles. The minimum absolute atomic E-state index is 0.121. The minimum atomic E-state index is -0.218. The first-order chi connectivity index (χ1) is 12.2. The largest absolute Gasteiger partial charge is 0.454 e. The van der Waals surface area contributed by atoms with Crippen molar-refractivity contribution in [2.45, 2.75) is 5.16 Å². The Morgan fingerprint density at radius 1 is 1.20 bits per heavy atom. The van der Waals surface area contributed by atoms with Crippen LogP contribution in [0.2, 0.25) is 0 Å². The fraction of sp³-hybridized carbons (Fsp3) is 0.118. The van der Waals surface area contributed by atoms with E-state index < -0.39 is 0 Å². The van der Waals surface area contributed by atoms with Crippen LogP contribution in [0.4, 0.5) is 5.69 Å². The maximum atomic E-state index is 12.1. The number of carbonyl (C=O) groups excluding carboxylic acids is 1. The summed E-state index contributed by atoms with van der Waals surface area (Å²) in [6.45, 7) is 0.184. The number of fused-ring (bicyclic) bond motifs is 2. The van der Waals surface area contributed by atoms with Gasteiger partial charge >= 0.3 is 0 Å². The fourth-order valence-corrected chi connectivity index (χ4v) is 3.11. The SMILES string of the molecule is O=C(CSc1nc2ccccc2c(=O)[nH]1)Nc1ccc2c(c1)OCO2. The standard InChI is InChI=1S/C17H13N3O4S/c21-15(18-10-5-6-13-14(7-10)24-9-23-13)8-25-17-19-12-4-2-1-3-11(12)16(22)20-17/h1-7H,8-9H2,(H,18,21)(H,19,20,22). The number of anilines is 1. The fourth-order valence-electron chi connectivity index (χ4n) is 2.44. The van der Waals surface area contributed by atoms with Crippen LogP contribution in [0.5, 0.6) is 11.5 Å². The average molecular weight is 355 g/mol. The van der Waals surface area contributed by atoms with Crippen molar-refractivity contribution < 1.29 is 14.3 Å². The molecule has 1 aromatic heterocycles. The van der Waals surface area contributed by atoms with E-state index in [-0.39, 0.29) is 24.0 Å². The number of aromatic amines is 1. The number of amides is 1. The molecule has 25 heavy (non-hydrogen) atoms. The van der Waals surface area contributed by atoms with Gasteiger partial charge in [0.25, 0.3) is 5.56 Å². The van der Waals surface area contributed by atoms with Gasteiger partial charge in [0.15, 0.2) is 16.7 Å². The molecule has 0 fully saturated rings. The van der Waals surface area contributed by atoms with Crippen LogP contribution in [0, 0.1) is 0 Å². The summed E-state index contributed by atoms with van der Waals surface area (Å²) in [5.74, 6) is 1.17. The zero-order chi connectivity index (χ0) is 17.2. The van der Waals surface area contributed by atoms with E-state index in [9.17, 15) is 9.59 Å². The number of nitrogens with zero attached hydrogens (tertiary/aromatic N) is 1. The Hall–Kier alpha value is -3.00. The molecule has 0 bridgehead atoms. The number of hydrogen-bond donors (Lipinski definition) is 2. The first-order valence-electron chi connectivity index (χ1n) is 7.50. The van der Waals surface area contributed by atoms with Crippen molar-refractivity contribution >= 4 is 34.3 Å². The summed E-state index contributed by atoms with van der Waals surface area (Å²) < 4.78 is 10.5. The van der Waals surface area contributed by atoms with Crippen molar-refractivity contribution in [3.05, 3.63) is 52.8 Å². The molecule has 0 saturated heterocycles. The lowest BCUT2D eigenvalue weighted by Gasteiger charge is -2.06. The molecule has 0 aliphatic carbocycles. The number of H-pyrrole nitrogens is 1. The summed E-state index contributed by atoms with van der Waals surface area (Å²) in [4.78, 5) is 31.2. The van der Waals surface area contributed by atoms with Gasteiger partial charge in [-0.3, -0.25) is 9.59 Å². The van der Waals surface area contributed by atoms with E-state index >= 15 is 0 Å². The molecular weight excluding hydrogens is 342 g/mol. The van der Waals surface area contributed by atoms with Gasteiger partial charge in [0.05, 0.1) is 16.7 Å². The lowest BCUT2D eigenvalue weighted by atomic mass is 10.2. The number of aromatic nitrogens is 2. The normalized spacial score (nSPS) is 12.3. The highest BCUT2D eigenvalue weighted by atomic mass is 32.2. The minimum Gasteiger partial charge on any atom is -0.454 e. The molecule has 126 valence electrons. The zero-order valence-electron chi connectivity index (χ0n) is 12.9. The second kappa shape index (κ2) is 6.48. The van der Waals surface area contributed by atoms with E-state index in [0.717, 1.165) is 0 Å². The molecule has 1 aliphatic rings. The number of rotatable bonds is 4. The van der Waals surface area contributed by atoms with Gasteiger partial charge in [0.1, 0.15) is 0 Å². The van der Waals surface area contributed by atoms with Crippen molar-refractivity contribution in [1.29, 1.82) is 0 Å². The van der Waals surface area contributed by atoms with Gasteiger partial charge in [-0.15, -0.1) is 0 Å². The van der Waals surface area contributed by atoms with Crippen molar-refractivity contribution in [1.82, 2.24) is 9.97 Å². The maximum absolute atomic E-state index is 12.1. The van der Waals surface area contributed by atoms with E-state index in [0.29, 0.717) is 33.2 Å². The number of hydrogen-bond acceptors (Lipinski definition) is 6. The van der Waals surface area contributed by atoms with E-state index in [2.05, 4.69) is 15.3 Å². The Morgan fingerprint density at radius 3 is 2.96 bits per heavy atom. The third kappa shape index (κ3) is 3.29. The lowest BCUT2D eigenvalue weighted by Crippen LogP contribution is -2.15. The van der Waals surface area contributed by atoms with E-state index in [4.69, 9.17) is 9.47 Å². The third-order valence-electron chi connectivity index (χ3n) is 3.59. The summed E-state index contributed by atoms with van der Waals surface area (Å²) in [6.07, 6.45) is 0. The number of nitrogens with one attached hydrogen (secondary N) is 2. The zero-order valence-corrected chi connectivity index (χ0v) is 13.8. The van der Waals surface area contributed by atoms with Crippen molar-refractivity contribution in [3.63, 3.8) is 0 Å². The molecule has 3 aromatic rings. The Morgan fingerprint density at radius 2 is 2.04 bits per heavy atom. The van der Waals surface area contributed by atoms with Crippen LogP contribution < -0.4 is 20.3 Å². The number of para-hydroxylation sites is 1. The topological polar surface area (TPSA) is 93.3 Å². The number of carbonyl (C=O) groups is 1. The van der Waals surface area contributed by atoms with E-state index in [1.165, 1.54) is 11.8 Å². The Balaban J connectivity index is 1.43. The highest BCUT2D eigenvalue weighted by Crippen LogP contribution is 2.34. The van der Waals surface area contributed by atoms with Crippen molar-refractivity contribution in [2.75, 3.05) is 17.9 Å². The van der Waals surface area contributed by atoms with Gasteiger partial charge in [-0.1, -0.05) is 23.9 Å². The number of ether oxygens (including phenoxy) is 2. The average Bonchev–Trinajstić information content (AvgIpc) is 3.08. The highest BCUT2D eigenvalue weighted by Gasteiger charge is 2.14. The molecular formula is C17H13N3O4S. The van der Waals surface area contributed by atoms with E-state index in [1.54, 1.807) is 36.4 Å². The third-order valence-corrected chi connectivity index (χ3v) is 4.46. The second-order valence-electron chi connectivity index (χ2n) is 5.29. The van der Waals surface area contributed by atoms with Crippen LogP contribution in [0.1, 0.15) is 0 Å². The van der Waals surface area contributed by atoms with Gasteiger partial charge in [-0.2, -0.15) is 0 Å². The summed E-state index contributed by atoms with van der Waals surface area (Å²) in [6, 6.07) is 12.3. The lowest BCUT2D eigenvalue weighted by molar-refractivity contribution is -0.113. The summed E-state index contributed by atoms with van der Waals surface area (Å²) in [7, 11) is 0. The summed E-state index contributed by atoms with van der Waals surface area (Å²) >= 11 is 1.17. The Kier molecular flexibility index (Phi) is 4.02. The quantitative estimate of drug-likeness (QED) is 0.551. The molecule has 0 spiro atoms. The van der Waals surface area contributed by atoms with Crippen LogP contribution in [-0.2, 0) is 4.79 Å². The molecule has 0 radical (unpaired) electrons. The summed E-state index contributed by atoms with van der Waals surface area (Å²) in [5.41, 5.74) is 1.00. The first kappa shape index (κ1) is 15.5. The maximum Gasteiger partial charge on any atom is 0.259 e. The van der Waals surface area contributed by atoms with Crippen LogP contribution in [0.25, 0.3) is 10.9 Å². The van der Waals surface area contributed by atoms with Crippen molar-refractivity contribution in [3.8, 4) is 11.5 Å². The molecule has 4 rings (SSSR count). The van der Waals surface area contributed by atoms with Crippen LogP contribution in [-0.4, -0.2) is 28.4 Å². The first-order valence-corrected chi connectivity index (χ1v) is 8.49.